The van der Waals surface area contributed by atoms with Crippen LogP contribution in [0.2, 0.25) is 0 Å². The number of carbonyl (C=O) groups is 2. The van der Waals surface area contributed by atoms with E-state index in [1.54, 1.807) is 12.1 Å². The van der Waals surface area contributed by atoms with E-state index >= 15 is 0 Å². The Labute approximate surface area is 115 Å². The van der Waals surface area contributed by atoms with Crippen molar-refractivity contribution in [2.45, 2.75) is 32.5 Å². The molecule has 1 aromatic rings. The molecule has 8 heteroatoms. The molecule has 0 spiro atoms. The van der Waals surface area contributed by atoms with Gasteiger partial charge in [-0.05, 0) is 25.5 Å². The van der Waals surface area contributed by atoms with Crippen molar-refractivity contribution in [2.75, 3.05) is 0 Å². The number of rotatable bonds is 4. The summed E-state index contributed by atoms with van der Waals surface area (Å²) in [5.41, 5.74) is 1.73. The van der Waals surface area contributed by atoms with Gasteiger partial charge >= 0.3 is 11.9 Å². The lowest BCUT2D eigenvalue weighted by Crippen LogP contribution is -2.39. The molecule has 0 saturated carbocycles. The molecule has 0 aliphatic heterocycles. The zero-order valence-electron chi connectivity index (χ0n) is 11.0. The summed E-state index contributed by atoms with van der Waals surface area (Å²) >= 11 is 0. The molecule has 2 atom stereocenters. The van der Waals surface area contributed by atoms with Gasteiger partial charge in [0.15, 0.2) is 12.2 Å². The van der Waals surface area contributed by atoms with Crippen LogP contribution in [0.4, 0.5) is 0 Å². The third-order valence-corrected chi connectivity index (χ3v) is 2.23. The number of aliphatic hydroxyl groups excluding tert-OH is 2. The number of aliphatic hydroxyl groups is 2. The van der Waals surface area contributed by atoms with E-state index in [4.69, 9.17) is 20.4 Å². The zero-order valence-corrected chi connectivity index (χ0v) is 11.0. The summed E-state index contributed by atoms with van der Waals surface area (Å²) in [6, 6.07) is 3.48. The smallest absolute Gasteiger partial charge is 0.335 e. The van der Waals surface area contributed by atoms with Crippen molar-refractivity contribution in [3.63, 3.8) is 0 Å². The van der Waals surface area contributed by atoms with Gasteiger partial charge in [-0.2, -0.15) is 0 Å². The minimum atomic E-state index is -2.27. The van der Waals surface area contributed by atoms with Crippen molar-refractivity contribution in [3.05, 3.63) is 23.5 Å². The highest BCUT2D eigenvalue weighted by atomic mass is 16.4. The first-order chi connectivity index (χ1) is 9.20. The van der Waals surface area contributed by atoms with E-state index in [1.165, 1.54) is 0 Å². The maximum atomic E-state index is 9.77. The molecule has 2 unspecified atom stereocenters. The van der Waals surface area contributed by atoms with Crippen molar-refractivity contribution < 1.29 is 35.1 Å². The Morgan fingerprint density at radius 1 is 1.15 bits per heavy atom. The molecule has 0 aliphatic carbocycles. The Hall–Kier alpha value is -2.19. The fourth-order valence-corrected chi connectivity index (χ4v) is 1.13. The van der Waals surface area contributed by atoms with Crippen LogP contribution in [0.25, 0.3) is 0 Å². The van der Waals surface area contributed by atoms with E-state index in [0.29, 0.717) is 5.75 Å². The molecule has 8 nitrogen and oxygen atoms in total. The Morgan fingerprint density at radius 3 is 1.90 bits per heavy atom. The van der Waals surface area contributed by atoms with Gasteiger partial charge in [0.1, 0.15) is 5.75 Å². The number of aryl methyl sites for hydroxylation is 2. The highest BCUT2D eigenvalue weighted by molar-refractivity contribution is 5.83. The van der Waals surface area contributed by atoms with E-state index < -0.39 is 24.1 Å². The van der Waals surface area contributed by atoms with E-state index in [1.807, 2.05) is 13.8 Å². The summed E-state index contributed by atoms with van der Waals surface area (Å²) in [5.74, 6) is -3.24. The topological polar surface area (TPSA) is 148 Å². The molecule has 5 N–H and O–H groups in total. The predicted octanol–water partition coefficient (Wildman–Crippen LogP) is -0.465. The van der Waals surface area contributed by atoms with Crippen molar-refractivity contribution >= 4 is 11.9 Å². The first-order valence-electron chi connectivity index (χ1n) is 5.67. The Morgan fingerprint density at radius 2 is 1.60 bits per heavy atom. The van der Waals surface area contributed by atoms with Gasteiger partial charge < -0.3 is 25.5 Å². The summed E-state index contributed by atoms with van der Waals surface area (Å²) in [6.45, 7) is 3.89. The van der Waals surface area contributed by atoms with E-state index in [0.717, 1.165) is 17.8 Å². The number of nitrogens with zero attached hydrogens (tertiary/aromatic N) is 1. The second-order valence-electron chi connectivity index (χ2n) is 3.84. The fourth-order valence-electron chi connectivity index (χ4n) is 1.13. The van der Waals surface area contributed by atoms with Gasteiger partial charge in [-0.1, -0.05) is 6.92 Å². The van der Waals surface area contributed by atoms with Gasteiger partial charge in [0, 0.05) is 5.69 Å². The number of hydrogen-bond donors (Lipinski definition) is 5. The van der Waals surface area contributed by atoms with Crippen molar-refractivity contribution in [1.29, 1.82) is 0 Å². The number of pyridine rings is 1. The van der Waals surface area contributed by atoms with Crippen LogP contribution in [0.1, 0.15) is 18.3 Å². The number of aliphatic carboxylic acids is 2. The summed E-state index contributed by atoms with van der Waals surface area (Å²) in [5, 5.41) is 41.7. The van der Waals surface area contributed by atoms with Crippen LogP contribution in [0, 0.1) is 6.92 Å². The molecule has 0 fully saturated rings. The minimum absolute atomic E-state index is 0.299. The van der Waals surface area contributed by atoms with Crippen LogP contribution in [0.3, 0.4) is 0 Å². The predicted molar refractivity (Wildman–Crippen MR) is 67.3 cm³/mol. The van der Waals surface area contributed by atoms with Gasteiger partial charge in [-0.25, -0.2) is 9.59 Å². The highest BCUT2D eigenvalue weighted by Gasteiger charge is 2.29. The monoisotopic (exact) mass is 287 g/mol. The van der Waals surface area contributed by atoms with Crippen LogP contribution < -0.4 is 0 Å². The number of carboxylic acid groups (broad SMARTS) is 2. The van der Waals surface area contributed by atoms with Gasteiger partial charge in [0.25, 0.3) is 0 Å². The number of hydrogen-bond acceptors (Lipinski definition) is 6. The Kier molecular flexibility index (Phi) is 7.19. The lowest BCUT2D eigenvalue weighted by atomic mass is 10.2. The quantitative estimate of drug-likeness (QED) is 0.499. The second kappa shape index (κ2) is 8.08. The summed E-state index contributed by atoms with van der Waals surface area (Å²) in [4.78, 5) is 23.7. The Balaban J connectivity index is 0.000000361. The molecule has 1 aromatic heterocycles. The number of aromatic hydroxyl groups is 1. The van der Waals surface area contributed by atoms with Gasteiger partial charge in [0.2, 0.25) is 0 Å². The molecule has 0 amide bonds. The van der Waals surface area contributed by atoms with Crippen molar-refractivity contribution in [2.24, 2.45) is 0 Å². The van der Waals surface area contributed by atoms with Crippen LogP contribution in [0.15, 0.2) is 12.1 Å². The maximum Gasteiger partial charge on any atom is 0.335 e. The average Bonchev–Trinajstić information content (AvgIpc) is 2.40. The van der Waals surface area contributed by atoms with E-state index in [-0.39, 0.29) is 0 Å². The average molecular weight is 287 g/mol. The van der Waals surface area contributed by atoms with E-state index in [2.05, 4.69) is 4.98 Å². The summed E-state index contributed by atoms with van der Waals surface area (Å²) in [7, 11) is 0. The molecule has 1 rings (SSSR count). The lowest BCUT2D eigenvalue weighted by Gasteiger charge is -2.07. The molecule has 0 saturated heterocycles. The number of carboxylic acids is 2. The van der Waals surface area contributed by atoms with Gasteiger partial charge in [0.05, 0.1) is 5.69 Å². The molecular weight excluding hydrogens is 270 g/mol. The molecule has 20 heavy (non-hydrogen) atoms. The molecule has 0 bridgehead atoms. The minimum Gasteiger partial charge on any atom is -0.506 e. The molecule has 1 heterocycles. The van der Waals surface area contributed by atoms with Crippen LogP contribution in [-0.2, 0) is 16.0 Å². The van der Waals surface area contributed by atoms with Crippen LogP contribution >= 0.6 is 0 Å². The first-order valence-corrected chi connectivity index (χ1v) is 5.67. The first kappa shape index (κ1) is 17.8. The molecule has 0 aromatic carbocycles. The normalized spacial score (nSPS) is 12.8. The third kappa shape index (κ3) is 5.63. The molecule has 0 radical (unpaired) electrons. The third-order valence-electron chi connectivity index (χ3n) is 2.23. The molecule has 112 valence electrons. The highest BCUT2D eigenvalue weighted by Crippen LogP contribution is 2.14. The summed E-state index contributed by atoms with van der Waals surface area (Å²) < 4.78 is 0. The SMILES string of the molecule is CCc1nc(C)ccc1O.O=C(O)C(O)C(O)C(=O)O. The molecular formula is C12H17NO7. The van der Waals surface area contributed by atoms with Crippen molar-refractivity contribution in [1.82, 2.24) is 4.98 Å². The largest absolute Gasteiger partial charge is 0.506 e. The van der Waals surface area contributed by atoms with Gasteiger partial charge in [-0.15, -0.1) is 0 Å². The maximum absolute atomic E-state index is 9.77. The zero-order chi connectivity index (χ0) is 15.9. The van der Waals surface area contributed by atoms with Crippen LogP contribution in [-0.4, -0.2) is 54.7 Å². The summed E-state index contributed by atoms with van der Waals surface area (Å²) in [6.07, 6.45) is -3.75. The fraction of sp³-hybridized carbons (Fsp3) is 0.417. The van der Waals surface area contributed by atoms with Crippen LogP contribution in [0.5, 0.6) is 5.75 Å². The lowest BCUT2D eigenvalue weighted by molar-refractivity contribution is -0.165. The Bertz CT molecular complexity index is 457. The van der Waals surface area contributed by atoms with E-state index in [9.17, 15) is 14.7 Å². The number of aromatic nitrogens is 1. The standard InChI is InChI=1S/C8H11NO.C4H6O6/c1-3-7-8(10)5-4-6(2)9-7;5-1(3(7)8)2(6)4(9)10/h4-5,10H,3H2,1-2H3;1-2,5-6H,(H,7,8)(H,9,10). The van der Waals surface area contributed by atoms with Crippen molar-refractivity contribution in [3.8, 4) is 5.75 Å². The second-order valence-corrected chi connectivity index (χ2v) is 3.84. The molecule has 0 aliphatic rings. The van der Waals surface area contributed by atoms with Gasteiger partial charge in [-0.3, -0.25) is 4.98 Å².